The number of hydrogen-bond donors (Lipinski definition) is 2. The van der Waals surface area contributed by atoms with Crippen LogP contribution in [0.25, 0.3) is 0 Å². The zero-order valence-electron chi connectivity index (χ0n) is 11.6. The molecular formula is C15H15ClN2O3. The Hall–Kier alpha value is -2.40. The van der Waals surface area contributed by atoms with Crippen molar-refractivity contribution in [2.75, 3.05) is 14.2 Å². The van der Waals surface area contributed by atoms with E-state index in [1.807, 2.05) is 0 Å². The van der Waals surface area contributed by atoms with E-state index in [-0.39, 0.29) is 5.84 Å². The van der Waals surface area contributed by atoms with Crippen LogP contribution in [0.4, 0.5) is 0 Å². The Morgan fingerprint density at radius 3 is 2.10 bits per heavy atom. The van der Waals surface area contributed by atoms with Crippen LogP contribution in [-0.4, -0.2) is 20.1 Å². The molecule has 5 nitrogen and oxygen atoms in total. The fraction of sp³-hybridized carbons (Fsp3) is 0.133. The Bertz CT molecular complexity index is 652. The summed E-state index contributed by atoms with van der Waals surface area (Å²) in [6.45, 7) is 0. The predicted molar refractivity (Wildman–Crippen MR) is 82.1 cm³/mol. The van der Waals surface area contributed by atoms with Crippen LogP contribution in [0.2, 0.25) is 5.02 Å². The number of nitrogens with one attached hydrogen (secondary N) is 1. The lowest BCUT2D eigenvalue weighted by Crippen LogP contribution is -2.12. The number of halogens is 1. The molecule has 0 aliphatic carbocycles. The van der Waals surface area contributed by atoms with Crippen LogP contribution in [0.3, 0.4) is 0 Å². The number of nitrogens with two attached hydrogens (primary N) is 1. The van der Waals surface area contributed by atoms with Gasteiger partial charge >= 0.3 is 0 Å². The Kier molecular flexibility index (Phi) is 4.55. The zero-order chi connectivity index (χ0) is 15.4. The van der Waals surface area contributed by atoms with Crippen molar-refractivity contribution in [1.82, 2.24) is 0 Å². The minimum Gasteiger partial charge on any atom is -0.496 e. The van der Waals surface area contributed by atoms with Crippen molar-refractivity contribution in [3.05, 3.63) is 47.0 Å². The molecule has 0 heterocycles. The molecule has 0 aromatic heterocycles. The summed E-state index contributed by atoms with van der Waals surface area (Å²) in [5.74, 6) is 1.98. The van der Waals surface area contributed by atoms with Crippen molar-refractivity contribution in [3.63, 3.8) is 0 Å². The first kappa shape index (κ1) is 15.0. The van der Waals surface area contributed by atoms with Gasteiger partial charge in [0.1, 0.15) is 28.8 Å². The monoisotopic (exact) mass is 306 g/mol. The highest BCUT2D eigenvalue weighted by molar-refractivity contribution is 6.30. The molecule has 0 atom stereocenters. The maximum absolute atomic E-state index is 7.57. The summed E-state index contributed by atoms with van der Waals surface area (Å²) in [4.78, 5) is 0. The molecule has 0 aliphatic rings. The summed E-state index contributed by atoms with van der Waals surface area (Å²) < 4.78 is 16.1. The van der Waals surface area contributed by atoms with E-state index in [2.05, 4.69) is 0 Å². The first-order chi connectivity index (χ1) is 10.0. The van der Waals surface area contributed by atoms with Gasteiger partial charge in [0.05, 0.1) is 19.8 Å². The number of rotatable bonds is 5. The van der Waals surface area contributed by atoms with Gasteiger partial charge in [0.15, 0.2) is 0 Å². The highest BCUT2D eigenvalue weighted by atomic mass is 35.5. The average molecular weight is 307 g/mol. The Balaban J connectivity index is 2.42. The largest absolute Gasteiger partial charge is 0.496 e. The molecule has 2 aromatic carbocycles. The van der Waals surface area contributed by atoms with Gasteiger partial charge in [-0.15, -0.1) is 0 Å². The number of benzene rings is 2. The molecule has 110 valence electrons. The highest BCUT2D eigenvalue weighted by Gasteiger charge is 2.10. The van der Waals surface area contributed by atoms with Gasteiger partial charge in [0.25, 0.3) is 0 Å². The molecular weight excluding hydrogens is 292 g/mol. The maximum Gasteiger partial charge on any atom is 0.139 e. The second-order valence-corrected chi connectivity index (χ2v) is 4.64. The van der Waals surface area contributed by atoms with Gasteiger partial charge in [-0.05, 0) is 12.1 Å². The third-order valence-corrected chi connectivity index (χ3v) is 3.02. The van der Waals surface area contributed by atoms with Gasteiger partial charge in [0.2, 0.25) is 0 Å². The third-order valence-electron chi connectivity index (χ3n) is 2.79. The van der Waals surface area contributed by atoms with E-state index < -0.39 is 0 Å². The normalized spacial score (nSPS) is 10.0. The van der Waals surface area contributed by atoms with E-state index in [4.69, 9.17) is 37.0 Å². The standard InChI is InChI=1S/C15H15ClN2O3/c1-19-10-6-11(20-2)8-12(7-10)21-14-5-9(16)3-4-13(14)15(17)18/h3-8H,1-2H3,(H3,17,18). The molecule has 0 saturated heterocycles. The highest BCUT2D eigenvalue weighted by Crippen LogP contribution is 2.33. The lowest BCUT2D eigenvalue weighted by Gasteiger charge is -2.13. The van der Waals surface area contributed by atoms with E-state index in [0.29, 0.717) is 33.6 Å². The molecule has 0 unspecified atom stereocenters. The summed E-state index contributed by atoms with van der Waals surface area (Å²) in [6.07, 6.45) is 0. The Morgan fingerprint density at radius 2 is 1.57 bits per heavy atom. The molecule has 0 saturated carbocycles. The van der Waals surface area contributed by atoms with Crippen molar-refractivity contribution < 1.29 is 14.2 Å². The second kappa shape index (κ2) is 6.37. The molecule has 0 amide bonds. The molecule has 6 heteroatoms. The topological polar surface area (TPSA) is 77.6 Å². The fourth-order valence-electron chi connectivity index (χ4n) is 1.77. The van der Waals surface area contributed by atoms with E-state index >= 15 is 0 Å². The zero-order valence-corrected chi connectivity index (χ0v) is 12.4. The Morgan fingerprint density at radius 1 is 1.00 bits per heavy atom. The van der Waals surface area contributed by atoms with Gasteiger partial charge in [-0.2, -0.15) is 0 Å². The number of hydrogen-bond acceptors (Lipinski definition) is 4. The SMILES string of the molecule is COc1cc(OC)cc(Oc2cc(Cl)ccc2C(=N)N)c1. The van der Waals surface area contributed by atoms with Crippen LogP contribution in [0, 0.1) is 5.41 Å². The van der Waals surface area contributed by atoms with Crippen molar-refractivity contribution >= 4 is 17.4 Å². The molecule has 0 spiro atoms. The fourth-order valence-corrected chi connectivity index (χ4v) is 1.93. The van der Waals surface area contributed by atoms with Gasteiger partial charge < -0.3 is 19.9 Å². The summed E-state index contributed by atoms with van der Waals surface area (Å²) in [7, 11) is 3.11. The molecule has 2 aromatic rings. The minimum absolute atomic E-state index is 0.100. The number of nitrogen functional groups attached to an aromatic ring is 1. The number of amidine groups is 1. The smallest absolute Gasteiger partial charge is 0.139 e. The summed E-state index contributed by atoms with van der Waals surface area (Å²) >= 11 is 5.96. The minimum atomic E-state index is -0.100. The number of ether oxygens (including phenoxy) is 3. The van der Waals surface area contributed by atoms with Crippen LogP contribution < -0.4 is 19.9 Å². The first-order valence-corrected chi connectivity index (χ1v) is 6.46. The lowest BCUT2D eigenvalue weighted by molar-refractivity contribution is 0.386. The summed E-state index contributed by atoms with van der Waals surface area (Å²) in [6, 6.07) is 10.0. The van der Waals surface area contributed by atoms with E-state index in [0.717, 1.165) is 0 Å². The van der Waals surface area contributed by atoms with Crippen LogP contribution in [-0.2, 0) is 0 Å². The second-order valence-electron chi connectivity index (χ2n) is 4.20. The van der Waals surface area contributed by atoms with Crippen molar-refractivity contribution in [1.29, 1.82) is 5.41 Å². The Labute approximate surface area is 127 Å². The predicted octanol–water partition coefficient (Wildman–Crippen LogP) is 3.43. The molecule has 0 radical (unpaired) electrons. The van der Waals surface area contributed by atoms with Crippen LogP contribution >= 0.6 is 11.6 Å². The molecule has 0 aliphatic heterocycles. The summed E-state index contributed by atoms with van der Waals surface area (Å²) in [5, 5.41) is 8.07. The van der Waals surface area contributed by atoms with Gasteiger partial charge in [-0.1, -0.05) is 11.6 Å². The lowest BCUT2D eigenvalue weighted by atomic mass is 10.2. The average Bonchev–Trinajstić information content (AvgIpc) is 2.46. The van der Waals surface area contributed by atoms with Gasteiger partial charge in [0, 0.05) is 29.3 Å². The van der Waals surface area contributed by atoms with Crippen LogP contribution in [0.5, 0.6) is 23.0 Å². The third kappa shape index (κ3) is 3.58. The van der Waals surface area contributed by atoms with E-state index in [1.54, 1.807) is 50.6 Å². The summed E-state index contributed by atoms with van der Waals surface area (Å²) in [5.41, 5.74) is 6.00. The van der Waals surface area contributed by atoms with E-state index in [9.17, 15) is 0 Å². The molecule has 21 heavy (non-hydrogen) atoms. The van der Waals surface area contributed by atoms with Crippen LogP contribution in [0.1, 0.15) is 5.56 Å². The molecule has 0 fully saturated rings. The van der Waals surface area contributed by atoms with Gasteiger partial charge in [-0.3, -0.25) is 5.41 Å². The first-order valence-electron chi connectivity index (χ1n) is 6.08. The quantitative estimate of drug-likeness (QED) is 0.655. The van der Waals surface area contributed by atoms with Gasteiger partial charge in [-0.25, -0.2) is 0 Å². The van der Waals surface area contributed by atoms with Crippen molar-refractivity contribution in [3.8, 4) is 23.0 Å². The molecule has 2 rings (SSSR count). The molecule has 0 bridgehead atoms. The van der Waals surface area contributed by atoms with Crippen molar-refractivity contribution in [2.24, 2.45) is 5.73 Å². The number of methoxy groups -OCH3 is 2. The van der Waals surface area contributed by atoms with Crippen molar-refractivity contribution in [2.45, 2.75) is 0 Å². The maximum atomic E-state index is 7.57. The molecule has 3 N–H and O–H groups in total. The van der Waals surface area contributed by atoms with E-state index in [1.165, 1.54) is 0 Å². The van der Waals surface area contributed by atoms with Crippen LogP contribution in [0.15, 0.2) is 36.4 Å².